The minimum atomic E-state index is -0.517. The maximum atomic E-state index is 12.1. The second-order valence-electron chi connectivity index (χ2n) is 3.76. The fourth-order valence-electron chi connectivity index (χ4n) is 1.51. The van der Waals surface area contributed by atoms with E-state index in [4.69, 9.17) is 16.3 Å². The Bertz CT molecular complexity index is 663. The molecule has 0 amide bonds. The van der Waals surface area contributed by atoms with Crippen LogP contribution in [-0.4, -0.2) is 27.6 Å². The molecular formula is C11H10ClN3O4. The number of nitrogens with zero attached hydrogens (tertiary/aromatic N) is 3. The third kappa shape index (κ3) is 2.50. The first-order valence-corrected chi connectivity index (χ1v) is 5.64. The molecule has 0 spiro atoms. The molecule has 2 rings (SSSR count). The Morgan fingerprint density at radius 1 is 1.58 bits per heavy atom. The van der Waals surface area contributed by atoms with E-state index in [1.54, 1.807) is 0 Å². The molecule has 0 fully saturated rings. The minimum Gasteiger partial charge on any atom is -0.489 e. The molecule has 0 N–H and O–H groups in total. The number of carbonyl (C=O) groups is 1. The number of Topliss-reactive ketones (excluding diaryl/α,β-unsaturated/α-hetero) is 1. The van der Waals surface area contributed by atoms with Gasteiger partial charge in [0, 0.05) is 19.0 Å². The highest BCUT2D eigenvalue weighted by Crippen LogP contribution is 2.16. The van der Waals surface area contributed by atoms with Crippen LogP contribution < -0.4 is 10.3 Å². The van der Waals surface area contributed by atoms with Crippen molar-refractivity contribution in [2.75, 3.05) is 7.11 Å². The number of hydrogen-bond donors (Lipinski definition) is 0. The van der Waals surface area contributed by atoms with Crippen molar-refractivity contribution in [2.24, 2.45) is 7.05 Å². The van der Waals surface area contributed by atoms with E-state index in [9.17, 15) is 9.59 Å². The zero-order valence-corrected chi connectivity index (χ0v) is 11.0. The normalized spacial score (nSPS) is 10.5. The zero-order chi connectivity index (χ0) is 14.0. The fourth-order valence-corrected chi connectivity index (χ4v) is 1.67. The summed E-state index contributed by atoms with van der Waals surface area (Å²) in [4.78, 5) is 27.9. The molecule has 8 heteroatoms. The van der Waals surface area contributed by atoms with Gasteiger partial charge in [-0.25, -0.2) is 4.98 Å². The number of carbonyl (C=O) groups excluding carboxylic acids is 1. The first-order valence-electron chi connectivity index (χ1n) is 5.26. The number of rotatable bonds is 4. The molecule has 2 aromatic heterocycles. The minimum absolute atomic E-state index is 0.00361. The van der Waals surface area contributed by atoms with E-state index in [1.807, 2.05) is 0 Å². The number of ether oxygens (including phenoxy) is 1. The van der Waals surface area contributed by atoms with Crippen LogP contribution in [0.15, 0.2) is 21.8 Å². The molecule has 0 unspecified atom stereocenters. The molecule has 0 atom stereocenters. The Labute approximate surface area is 112 Å². The second kappa shape index (κ2) is 5.23. The van der Waals surface area contributed by atoms with Crippen molar-refractivity contribution in [3.8, 4) is 5.75 Å². The summed E-state index contributed by atoms with van der Waals surface area (Å²) in [6, 6.07) is 0. The Morgan fingerprint density at radius 3 is 2.89 bits per heavy atom. The van der Waals surface area contributed by atoms with Crippen LogP contribution in [0.2, 0.25) is 5.28 Å². The van der Waals surface area contributed by atoms with Gasteiger partial charge in [-0.1, -0.05) is 5.16 Å². The van der Waals surface area contributed by atoms with Crippen molar-refractivity contribution < 1.29 is 14.1 Å². The van der Waals surface area contributed by atoms with Crippen molar-refractivity contribution in [3.05, 3.63) is 39.4 Å². The predicted molar refractivity (Wildman–Crippen MR) is 65.6 cm³/mol. The highest BCUT2D eigenvalue weighted by Gasteiger charge is 2.21. The van der Waals surface area contributed by atoms with Crippen molar-refractivity contribution in [1.29, 1.82) is 0 Å². The third-order valence-electron chi connectivity index (χ3n) is 2.51. The Morgan fingerprint density at radius 2 is 2.32 bits per heavy atom. The second-order valence-corrected chi connectivity index (χ2v) is 4.10. The van der Waals surface area contributed by atoms with E-state index in [-0.39, 0.29) is 23.1 Å². The van der Waals surface area contributed by atoms with Gasteiger partial charge in [0.05, 0.1) is 13.3 Å². The van der Waals surface area contributed by atoms with Crippen LogP contribution in [0.25, 0.3) is 0 Å². The Kier molecular flexibility index (Phi) is 3.66. The predicted octanol–water partition coefficient (Wildman–Crippen LogP) is 0.856. The van der Waals surface area contributed by atoms with Gasteiger partial charge >= 0.3 is 0 Å². The molecule has 0 saturated heterocycles. The quantitative estimate of drug-likeness (QED) is 0.611. The zero-order valence-electron chi connectivity index (χ0n) is 10.2. The van der Waals surface area contributed by atoms with E-state index in [1.165, 1.54) is 26.6 Å². The molecule has 7 nitrogen and oxygen atoms in total. The fraction of sp³-hybridized carbons (Fsp3) is 0.273. The molecule has 0 radical (unpaired) electrons. The summed E-state index contributed by atoms with van der Waals surface area (Å²) in [5, 5.41) is 3.41. The molecule has 0 saturated carbocycles. The van der Waals surface area contributed by atoms with E-state index < -0.39 is 11.3 Å². The lowest BCUT2D eigenvalue weighted by Gasteiger charge is -2.08. The van der Waals surface area contributed by atoms with Crippen LogP contribution in [0.1, 0.15) is 16.1 Å². The lowest BCUT2D eigenvalue weighted by Crippen LogP contribution is -2.24. The lowest BCUT2D eigenvalue weighted by molar-refractivity contribution is 0.0984. The number of halogens is 1. The van der Waals surface area contributed by atoms with E-state index in [0.717, 1.165) is 4.57 Å². The van der Waals surface area contributed by atoms with Gasteiger partial charge in [0.15, 0.2) is 11.5 Å². The Hall–Kier alpha value is -2.15. The molecule has 0 aliphatic rings. The largest absolute Gasteiger partial charge is 0.489 e. The number of methoxy groups -OCH3 is 1. The van der Waals surface area contributed by atoms with Gasteiger partial charge < -0.3 is 9.26 Å². The van der Waals surface area contributed by atoms with Crippen molar-refractivity contribution in [1.82, 2.24) is 14.7 Å². The first-order chi connectivity index (χ1) is 9.04. The van der Waals surface area contributed by atoms with Crippen LogP contribution in [0.4, 0.5) is 0 Å². The first kappa shape index (κ1) is 13.3. The van der Waals surface area contributed by atoms with Gasteiger partial charge in [0.2, 0.25) is 11.0 Å². The molecule has 2 aromatic rings. The summed E-state index contributed by atoms with van der Waals surface area (Å²) in [7, 11) is 2.73. The summed E-state index contributed by atoms with van der Waals surface area (Å²) in [6.07, 6.45) is 2.75. The molecule has 2 heterocycles. The monoisotopic (exact) mass is 283 g/mol. The van der Waals surface area contributed by atoms with Crippen LogP contribution in [0.3, 0.4) is 0 Å². The molecular weight excluding hydrogens is 274 g/mol. The number of hydrogen-bond acceptors (Lipinski definition) is 6. The topological polar surface area (TPSA) is 87.2 Å². The summed E-state index contributed by atoms with van der Waals surface area (Å²) in [5.74, 6) is -0.534. The third-order valence-corrected chi connectivity index (χ3v) is 2.85. The smallest absolute Gasteiger partial charge is 0.297 e. The van der Waals surface area contributed by atoms with Gasteiger partial charge in [0.1, 0.15) is 6.26 Å². The average molecular weight is 284 g/mol. The summed E-state index contributed by atoms with van der Waals surface area (Å²) in [5.41, 5.74) is -0.0429. The van der Waals surface area contributed by atoms with Gasteiger partial charge in [-0.2, -0.15) is 0 Å². The maximum absolute atomic E-state index is 12.1. The standard InChI is InChI=1S/C11H10ClN3O4/c1-15-10(17)9(18-2)8(14-11(15)12)7(16)3-6-4-13-19-5-6/h4-5H,3H2,1-2H3. The average Bonchev–Trinajstić information content (AvgIpc) is 2.88. The van der Waals surface area contributed by atoms with Crippen LogP contribution in [-0.2, 0) is 13.5 Å². The molecule has 0 bridgehead atoms. The van der Waals surface area contributed by atoms with Crippen LogP contribution in [0.5, 0.6) is 5.75 Å². The van der Waals surface area contributed by atoms with Crippen molar-refractivity contribution >= 4 is 17.4 Å². The van der Waals surface area contributed by atoms with Gasteiger partial charge in [-0.05, 0) is 11.6 Å². The molecule has 0 aliphatic carbocycles. The van der Waals surface area contributed by atoms with E-state index in [2.05, 4.69) is 14.7 Å². The summed E-state index contributed by atoms with van der Waals surface area (Å²) < 4.78 is 10.7. The van der Waals surface area contributed by atoms with Gasteiger partial charge in [-0.15, -0.1) is 0 Å². The lowest BCUT2D eigenvalue weighted by atomic mass is 10.1. The Balaban J connectivity index is 2.44. The van der Waals surface area contributed by atoms with Gasteiger partial charge in [0.25, 0.3) is 5.56 Å². The van der Waals surface area contributed by atoms with Crippen LogP contribution in [0, 0.1) is 0 Å². The number of ketones is 1. The van der Waals surface area contributed by atoms with Crippen LogP contribution >= 0.6 is 11.6 Å². The summed E-state index contributed by atoms with van der Waals surface area (Å²) in [6.45, 7) is 0. The van der Waals surface area contributed by atoms with E-state index in [0.29, 0.717) is 5.56 Å². The highest BCUT2D eigenvalue weighted by molar-refractivity contribution is 6.28. The molecule has 100 valence electrons. The molecule has 0 aromatic carbocycles. The number of aromatic nitrogens is 3. The summed E-state index contributed by atoms with van der Waals surface area (Å²) >= 11 is 5.79. The van der Waals surface area contributed by atoms with Crippen molar-refractivity contribution in [3.63, 3.8) is 0 Å². The maximum Gasteiger partial charge on any atom is 0.297 e. The SMILES string of the molecule is COc1c(C(=O)Cc2cnoc2)nc(Cl)n(C)c1=O. The van der Waals surface area contributed by atoms with E-state index >= 15 is 0 Å². The molecule has 19 heavy (non-hydrogen) atoms. The highest BCUT2D eigenvalue weighted by atomic mass is 35.5. The van der Waals surface area contributed by atoms with Crippen molar-refractivity contribution in [2.45, 2.75) is 6.42 Å². The van der Waals surface area contributed by atoms with Gasteiger partial charge in [-0.3, -0.25) is 14.2 Å². The molecule has 0 aliphatic heterocycles.